The average Bonchev–Trinajstić information content (AvgIpc) is 3.70. The van der Waals surface area contributed by atoms with Crippen molar-refractivity contribution >= 4 is 54.3 Å². The van der Waals surface area contributed by atoms with Crippen molar-refractivity contribution in [1.82, 2.24) is 0 Å². The van der Waals surface area contributed by atoms with Gasteiger partial charge in [-0.3, -0.25) is 0 Å². The zero-order valence-electron chi connectivity index (χ0n) is 29.6. The summed E-state index contributed by atoms with van der Waals surface area (Å²) in [4.78, 5) is 0. The first-order valence-electron chi connectivity index (χ1n) is 19.8. The third kappa shape index (κ3) is 3.73. The second-order valence-corrected chi connectivity index (χ2v) is 16.8. The van der Waals surface area contributed by atoms with Crippen LogP contribution in [0, 0.1) is 23.7 Å². The van der Waals surface area contributed by atoms with Crippen molar-refractivity contribution < 1.29 is 4.42 Å². The molecular formula is C52H38O. The van der Waals surface area contributed by atoms with E-state index in [4.69, 9.17) is 4.42 Å². The Hall–Kier alpha value is -5.66. The van der Waals surface area contributed by atoms with Gasteiger partial charge in [0.1, 0.15) is 11.2 Å². The summed E-state index contributed by atoms with van der Waals surface area (Å²) in [6, 6.07) is 55.3. The van der Waals surface area contributed by atoms with E-state index < -0.39 is 0 Å². The molecule has 1 nitrogen and oxygen atoms in total. The zero-order valence-corrected chi connectivity index (χ0v) is 29.6. The van der Waals surface area contributed by atoms with Crippen LogP contribution in [0.1, 0.15) is 43.2 Å². The number of hydrogen-bond donors (Lipinski definition) is 0. The van der Waals surface area contributed by atoms with Crippen molar-refractivity contribution in [2.45, 2.75) is 37.5 Å². The van der Waals surface area contributed by atoms with Crippen molar-refractivity contribution in [3.05, 3.63) is 157 Å². The smallest absolute Gasteiger partial charge is 0.135 e. The summed E-state index contributed by atoms with van der Waals surface area (Å²) < 4.78 is 6.26. The minimum atomic E-state index is 0.104. The quantitative estimate of drug-likeness (QED) is 0.166. The molecule has 5 aliphatic rings. The molecule has 0 atom stereocenters. The van der Waals surface area contributed by atoms with Crippen LogP contribution in [0.2, 0.25) is 0 Å². The van der Waals surface area contributed by atoms with Gasteiger partial charge in [-0.2, -0.15) is 0 Å². The van der Waals surface area contributed by atoms with Crippen LogP contribution >= 0.6 is 0 Å². The summed E-state index contributed by atoms with van der Waals surface area (Å²) in [5, 5.41) is 10.3. The van der Waals surface area contributed by atoms with Gasteiger partial charge in [-0.25, -0.2) is 0 Å². The van der Waals surface area contributed by atoms with E-state index in [1.807, 2.05) is 0 Å². The fraction of sp³-hybridized carbons (Fsp3) is 0.192. The van der Waals surface area contributed by atoms with Crippen LogP contribution in [0.4, 0.5) is 0 Å². The zero-order chi connectivity index (χ0) is 34.4. The van der Waals surface area contributed by atoms with Crippen molar-refractivity contribution in [1.29, 1.82) is 0 Å². The van der Waals surface area contributed by atoms with Crippen LogP contribution in [-0.4, -0.2) is 0 Å². The van der Waals surface area contributed by atoms with Gasteiger partial charge in [0.25, 0.3) is 0 Å². The van der Waals surface area contributed by atoms with Crippen LogP contribution in [0.25, 0.3) is 87.6 Å². The predicted octanol–water partition coefficient (Wildman–Crippen LogP) is 14.1. The highest BCUT2D eigenvalue weighted by Gasteiger charge is 2.61. The molecular weight excluding hydrogens is 641 g/mol. The Morgan fingerprint density at radius 1 is 0.396 bits per heavy atom. The number of fused-ring (bicyclic) bond motifs is 9. The summed E-state index contributed by atoms with van der Waals surface area (Å²) >= 11 is 0. The lowest BCUT2D eigenvalue weighted by Crippen LogP contribution is -2.55. The van der Waals surface area contributed by atoms with E-state index in [0.717, 1.165) is 34.8 Å². The molecule has 0 saturated heterocycles. The average molecular weight is 679 g/mol. The third-order valence-corrected chi connectivity index (χ3v) is 14.4. The van der Waals surface area contributed by atoms with Gasteiger partial charge in [0.05, 0.1) is 0 Å². The predicted molar refractivity (Wildman–Crippen MR) is 220 cm³/mol. The molecule has 4 bridgehead atoms. The highest BCUT2D eigenvalue weighted by molar-refractivity contribution is 6.22. The molecule has 1 heteroatoms. The molecule has 4 saturated carbocycles. The lowest BCUT2D eigenvalue weighted by Gasteiger charge is -2.61. The van der Waals surface area contributed by atoms with Gasteiger partial charge < -0.3 is 4.42 Å². The van der Waals surface area contributed by atoms with Gasteiger partial charge in [0, 0.05) is 16.2 Å². The third-order valence-electron chi connectivity index (χ3n) is 14.4. The SMILES string of the molecule is c1ccc2cc3c(cc2c1)-c1ccc(-c2c4ccccc4c(-c4ccc5oc6ccccc6c5c4)c4ccccc24)cc1C31C2CC3CC(C2)CC1C3. The fourth-order valence-electron chi connectivity index (χ4n) is 12.7. The van der Waals surface area contributed by atoms with Gasteiger partial charge in [-0.15, -0.1) is 0 Å². The van der Waals surface area contributed by atoms with E-state index in [1.165, 1.54) is 109 Å². The summed E-state index contributed by atoms with van der Waals surface area (Å²) in [6.07, 6.45) is 7.02. The lowest BCUT2D eigenvalue weighted by atomic mass is 9.43. The highest BCUT2D eigenvalue weighted by Crippen LogP contribution is 2.70. The second-order valence-electron chi connectivity index (χ2n) is 16.8. The van der Waals surface area contributed by atoms with E-state index in [-0.39, 0.29) is 5.41 Å². The van der Waals surface area contributed by atoms with Gasteiger partial charge in [0.15, 0.2) is 0 Å². The van der Waals surface area contributed by atoms with E-state index >= 15 is 0 Å². The standard InChI is InChI=1S/C52H38O/c1-2-10-33-28-47-44(26-32(33)9-1)38-19-17-35(29-46(38)52(47)36-22-30-21-31(24-36)25-37(52)23-30)51-42-14-5-3-12-40(42)50(41-13-4-6-15-43(41)51)34-18-20-49-45(27-34)39-11-7-8-16-48(39)53-49/h1-20,26-31,36-37H,21-25H2. The molecule has 8 aromatic carbocycles. The molecule has 14 rings (SSSR count). The van der Waals surface area contributed by atoms with E-state index in [1.54, 1.807) is 11.1 Å². The summed E-state index contributed by atoms with van der Waals surface area (Å²) in [5.41, 5.74) is 13.4. The first-order valence-corrected chi connectivity index (χ1v) is 19.8. The Bertz CT molecular complexity index is 2940. The minimum absolute atomic E-state index is 0.104. The number of benzene rings is 8. The maximum atomic E-state index is 6.26. The summed E-state index contributed by atoms with van der Waals surface area (Å²) in [7, 11) is 0. The van der Waals surface area contributed by atoms with E-state index in [2.05, 4.69) is 146 Å². The molecule has 252 valence electrons. The number of para-hydroxylation sites is 1. The first kappa shape index (κ1) is 28.9. The Kier molecular flexibility index (Phi) is 5.59. The van der Waals surface area contributed by atoms with Crippen molar-refractivity contribution in [3.8, 4) is 33.4 Å². The van der Waals surface area contributed by atoms with Crippen molar-refractivity contribution in [3.63, 3.8) is 0 Å². The molecule has 5 aliphatic carbocycles. The normalized spacial score (nSPS) is 23.9. The molecule has 53 heavy (non-hydrogen) atoms. The Morgan fingerprint density at radius 2 is 0.906 bits per heavy atom. The second kappa shape index (κ2) is 10.3. The molecule has 1 aromatic heterocycles. The van der Waals surface area contributed by atoms with Crippen LogP contribution in [-0.2, 0) is 5.41 Å². The molecule has 1 spiro atoms. The van der Waals surface area contributed by atoms with Crippen molar-refractivity contribution in [2.24, 2.45) is 23.7 Å². The van der Waals surface area contributed by atoms with Crippen molar-refractivity contribution in [2.75, 3.05) is 0 Å². The largest absolute Gasteiger partial charge is 0.456 e. The van der Waals surface area contributed by atoms with Crippen LogP contribution < -0.4 is 0 Å². The minimum Gasteiger partial charge on any atom is -0.456 e. The summed E-state index contributed by atoms with van der Waals surface area (Å²) in [6.45, 7) is 0. The number of hydrogen-bond acceptors (Lipinski definition) is 1. The van der Waals surface area contributed by atoms with Gasteiger partial charge >= 0.3 is 0 Å². The molecule has 0 amide bonds. The molecule has 0 unspecified atom stereocenters. The first-order chi connectivity index (χ1) is 26.2. The maximum Gasteiger partial charge on any atom is 0.135 e. The van der Waals surface area contributed by atoms with Crippen LogP contribution in [0.3, 0.4) is 0 Å². The number of rotatable bonds is 2. The van der Waals surface area contributed by atoms with Gasteiger partial charge in [-0.1, -0.05) is 109 Å². The molecule has 9 aromatic rings. The van der Waals surface area contributed by atoms with E-state index in [9.17, 15) is 0 Å². The monoisotopic (exact) mass is 678 g/mol. The van der Waals surface area contributed by atoms with Crippen LogP contribution in [0.5, 0.6) is 0 Å². The molecule has 4 fully saturated rings. The Labute approximate surface area is 308 Å². The molecule has 0 N–H and O–H groups in total. The van der Waals surface area contributed by atoms with E-state index in [0.29, 0.717) is 0 Å². The van der Waals surface area contributed by atoms with Gasteiger partial charge in [0.2, 0.25) is 0 Å². The molecule has 1 heterocycles. The Balaban J connectivity index is 1.08. The lowest BCUT2D eigenvalue weighted by molar-refractivity contribution is -0.0398. The molecule has 0 radical (unpaired) electrons. The summed E-state index contributed by atoms with van der Waals surface area (Å²) in [5.74, 6) is 3.28. The topological polar surface area (TPSA) is 13.1 Å². The Morgan fingerprint density at radius 3 is 1.57 bits per heavy atom. The number of furan rings is 1. The maximum absolute atomic E-state index is 6.26. The van der Waals surface area contributed by atoms with Gasteiger partial charge in [-0.05, 0) is 169 Å². The fourth-order valence-corrected chi connectivity index (χ4v) is 12.7. The molecule has 0 aliphatic heterocycles. The van der Waals surface area contributed by atoms with Crippen LogP contribution in [0.15, 0.2) is 150 Å². The highest BCUT2D eigenvalue weighted by atomic mass is 16.3.